The first-order valence-electron chi connectivity index (χ1n) is 6.23. The van der Waals surface area contributed by atoms with Gasteiger partial charge in [-0.25, -0.2) is 9.97 Å². The summed E-state index contributed by atoms with van der Waals surface area (Å²) < 4.78 is 0.636. The molecule has 3 heterocycles. The number of nitrogens with zero attached hydrogens (tertiary/aromatic N) is 3. The maximum absolute atomic E-state index is 4.44. The van der Waals surface area contributed by atoms with Crippen LogP contribution in [0.25, 0.3) is 0 Å². The Morgan fingerprint density at radius 2 is 2.26 bits per heavy atom. The van der Waals surface area contributed by atoms with E-state index in [1.54, 1.807) is 6.20 Å². The van der Waals surface area contributed by atoms with Crippen molar-refractivity contribution in [3.8, 4) is 0 Å². The van der Waals surface area contributed by atoms with Crippen molar-refractivity contribution < 1.29 is 0 Å². The monoisotopic (exact) mass is 319 g/mol. The van der Waals surface area contributed by atoms with Crippen molar-refractivity contribution in [2.75, 3.05) is 11.9 Å². The molecule has 2 aromatic heterocycles. The minimum absolute atomic E-state index is 0.636. The molecule has 0 atom stereocenters. The first kappa shape index (κ1) is 12.5. The van der Waals surface area contributed by atoms with Gasteiger partial charge in [0.15, 0.2) is 4.73 Å². The molecule has 1 aliphatic heterocycles. The summed E-state index contributed by atoms with van der Waals surface area (Å²) >= 11 is 3.37. The van der Waals surface area contributed by atoms with Crippen LogP contribution in [0.4, 0.5) is 5.82 Å². The summed E-state index contributed by atoms with van der Waals surface area (Å²) in [4.78, 5) is 13.2. The lowest BCUT2D eigenvalue weighted by molar-refractivity contribution is 0.624. The highest BCUT2D eigenvalue weighted by molar-refractivity contribution is 9.10. The highest BCUT2D eigenvalue weighted by atomic mass is 79.9. The van der Waals surface area contributed by atoms with Gasteiger partial charge in [0.2, 0.25) is 0 Å². The molecule has 0 bridgehead atoms. The number of fused-ring (bicyclic) bond motifs is 1. The molecule has 98 valence electrons. The molecule has 19 heavy (non-hydrogen) atoms. The van der Waals surface area contributed by atoms with Gasteiger partial charge < -0.3 is 10.6 Å². The highest BCUT2D eigenvalue weighted by Gasteiger charge is 2.16. The molecule has 0 radical (unpaired) electrons. The zero-order chi connectivity index (χ0) is 13.1. The molecule has 0 amide bonds. The number of aromatic nitrogens is 3. The molecule has 6 heteroatoms. The van der Waals surface area contributed by atoms with Crippen molar-refractivity contribution in [2.24, 2.45) is 0 Å². The first-order chi connectivity index (χ1) is 9.33. The van der Waals surface area contributed by atoms with Crippen LogP contribution >= 0.6 is 15.9 Å². The lowest BCUT2D eigenvalue weighted by Gasteiger charge is -2.19. The van der Waals surface area contributed by atoms with Crippen LogP contribution in [0.2, 0.25) is 0 Å². The predicted octanol–water partition coefficient (Wildman–Crippen LogP) is 1.89. The number of nitrogens with one attached hydrogen (secondary N) is 2. The van der Waals surface area contributed by atoms with Gasteiger partial charge in [-0.1, -0.05) is 6.07 Å². The molecular weight excluding hydrogens is 306 g/mol. The standard InChI is InChI=1S/C13H14BrN5/c14-13-18-11-4-6-15-8-10(11)12(19-13)17-7-9-3-1-2-5-16-9/h1-3,5,15H,4,6-8H2,(H,17,18,19). The van der Waals surface area contributed by atoms with Crippen LogP contribution in [0.15, 0.2) is 29.1 Å². The van der Waals surface area contributed by atoms with Crippen LogP contribution in [0.1, 0.15) is 17.0 Å². The molecule has 2 N–H and O–H groups in total. The van der Waals surface area contributed by atoms with Crippen molar-refractivity contribution in [3.63, 3.8) is 0 Å². The SMILES string of the molecule is Brc1nc2c(c(NCc3ccccn3)n1)CNCC2. The highest BCUT2D eigenvalue weighted by Crippen LogP contribution is 2.22. The summed E-state index contributed by atoms with van der Waals surface area (Å²) in [7, 11) is 0. The minimum atomic E-state index is 0.636. The Bertz CT molecular complexity index is 573. The Hall–Kier alpha value is -1.53. The Balaban J connectivity index is 1.82. The Morgan fingerprint density at radius 3 is 3.11 bits per heavy atom. The smallest absolute Gasteiger partial charge is 0.198 e. The summed E-state index contributed by atoms with van der Waals surface area (Å²) in [6, 6.07) is 5.89. The molecule has 1 aliphatic rings. The van der Waals surface area contributed by atoms with E-state index in [1.807, 2.05) is 18.2 Å². The minimum Gasteiger partial charge on any atom is -0.364 e. The van der Waals surface area contributed by atoms with E-state index in [-0.39, 0.29) is 0 Å². The van der Waals surface area contributed by atoms with Crippen molar-refractivity contribution in [3.05, 3.63) is 46.1 Å². The fourth-order valence-electron chi connectivity index (χ4n) is 2.14. The van der Waals surface area contributed by atoms with Crippen molar-refractivity contribution in [1.82, 2.24) is 20.3 Å². The maximum atomic E-state index is 4.44. The molecule has 0 fully saturated rings. The zero-order valence-corrected chi connectivity index (χ0v) is 11.9. The first-order valence-corrected chi connectivity index (χ1v) is 7.02. The fraction of sp³-hybridized carbons (Fsp3) is 0.308. The molecule has 0 aromatic carbocycles. The number of rotatable bonds is 3. The van der Waals surface area contributed by atoms with E-state index >= 15 is 0 Å². The summed E-state index contributed by atoms with van der Waals surface area (Å²) in [5, 5.41) is 6.69. The van der Waals surface area contributed by atoms with Gasteiger partial charge in [-0.15, -0.1) is 0 Å². The molecule has 0 aliphatic carbocycles. The van der Waals surface area contributed by atoms with E-state index in [0.717, 1.165) is 42.3 Å². The largest absolute Gasteiger partial charge is 0.364 e. The Morgan fingerprint density at radius 1 is 1.32 bits per heavy atom. The van der Waals surface area contributed by atoms with Gasteiger partial charge in [-0.2, -0.15) is 0 Å². The molecule has 5 nitrogen and oxygen atoms in total. The maximum Gasteiger partial charge on any atom is 0.198 e. The van der Waals surface area contributed by atoms with E-state index in [0.29, 0.717) is 11.3 Å². The van der Waals surface area contributed by atoms with Gasteiger partial charge in [-0.3, -0.25) is 4.98 Å². The Labute approximate surface area is 120 Å². The van der Waals surface area contributed by atoms with Gasteiger partial charge >= 0.3 is 0 Å². The number of halogens is 1. The Kier molecular flexibility index (Phi) is 3.70. The quantitative estimate of drug-likeness (QED) is 0.846. The summed E-state index contributed by atoms with van der Waals surface area (Å²) in [5.41, 5.74) is 3.27. The molecule has 2 aromatic rings. The molecule has 3 rings (SSSR count). The topological polar surface area (TPSA) is 62.7 Å². The van der Waals surface area contributed by atoms with Gasteiger partial charge in [0, 0.05) is 31.3 Å². The van der Waals surface area contributed by atoms with Gasteiger partial charge in [-0.05, 0) is 28.1 Å². The third-order valence-electron chi connectivity index (χ3n) is 3.07. The molecule has 0 saturated heterocycles. The third-order valence-corrected chi connectivity index (χ3v) is 3.42. The van der Waals surface area contributed by atoms with Crippen LogP contribution in [-0.2, 0) is 19.5 Å². The van der Waals surface area contributed by atoms with Crippen molar-refractivity contribution in [2.45, 2.75) is 19.5 Å². The predicted molar refractivity (Wildman–Crippen MR) is 76.7 cm³/mol. The fourth-order valence-corrected chi connectivity index (χ4v) is 2.53. The molecule has 0 saturated carbocycles. The van der Waals surface area contributed by atoms with Gasteiger partial charge in [0.25, 0.3) is 0 Å². The number of hydrogen-bond acceptors (Lipinski definition) is 5. The van der Waals surface area contributed by atoms with E-state index in [2.05, 4.69) is 41.5 Å². The zero-order valence-electron chi connectivity index (χ0n) is 10.4. The van der Waals surface area contributed by atoms with Crippen LogP contribution in [0, 0.1) is 0 Å². The van der Waals surface area contributed by atoms with Crippen LogP contribution in [0.3, 0.4) is 0 Å². The number of anilines is 1. The second-order valence-electron chi connectivity index (χ2n) is 4.37. The van der Waals surface area contributed by atoms with Crippen LogP contribution in [0.5, 0.6) is 0 Å². The number of hydrogen-bond donors (Lipinski definition) is 2. The van der Waals surface area contributed by atoms with E-state index in [4.69, 9.17) is 0 Å². The van der Waals surface area contributed by atoms with Gasteiger partial charge in [0.1, 0.15) is 5.82 Å². The van der Waals surface area contributed by atoms with Crippen molar-refractivity contribution >= 4 is 21.7 Å². The molecule has 0 spiro atoms. The lowest BCUT2D eigenvalue weighted by Crippen LogP contribution is -2.26. The number of pyridine rings is 1. The third kappa shape index (κ3) is 2.90. The van der Waals surface area contributed by atoms with Crippen LogP contribution in [-0.4, -0.2) is 21.5 Å². The van der Waals surface area contributed by atoms with E-state index in [1.165, 1.54) is 0 Å². The van der Waals surface area contributed by atoms with Crippen LogP contribution < -0.4 is 10.6 Å². The summed E-state index contributed by atoms with van der Waals surface area (Å²) in [6.45, 7) is 2.44. The second-order valence-corrected chi connectivity index (χ2v) is 5.08. The average Bonchev–Trinajstić information content (AvgIpc) is 2.45. The molecule has 0 unspecified atom stereocenters. The normalized spacial score (nSPS) is 13.9. The average molecular weight is 320 g/mol. The molecular formula is C13H14BrN5. The summed E-state index contributed by atoms with van der Waals surface area (Å²) in [5.74, 6) is 0.884. The van der Waals surface area contributed by atoms with E-state index in [9.17, 15) is 0 Å². The summed E-state index contributed by atoms with van der Waals surface area (Å²) in [6.07, 6.45) is 2.73. The second kappa shape index (κ2) is 5.63. The van der Waals surface area contributed by atoms with E-state index < -0.39 is 0 Å². The van der Waals surface area contributed by atoms with Crippen molar-refractivity contribution in [1.29, 1.82) is 0 Å². The lowest BCUT2D eigenvalue weighted by atomic mass is 10.1. The van der Waals surface area contributed by atoms with Gasteiger partial charge in [0.05, 0.1) is 17.9 Å².